The van der Waals surface area contributed by atoms with Gasteiger partial charge in [-0.05, 0) is 17.7 Å². The van der Waals surface area contributed by atoms with Gasteiger partial charge >= 0.3 is 0 Å². The number of pyridine rings is 1. The average molecular weight is 325 g/mol. The van der Waals surface area contributed by atoms with E-state index in [1.54, 1.807) is 12.4 Å². The molecule has 3 rings (SSSR count). The zero-order valence-electron chi connectivity index (χ0n) is 12.2. The lowest BCUT2D eigenvalue weighted by molar-refractivity contribution is -0.118. The van der Waals surface area contributed by atoms with Crippen molar-refractivity contribution in [1.82, 2.24) is 9.97 Å². The maximum absolute atomic E-state index is 12.4. The number of aliphatic hydroxyl groups excluding tert-OH is 1. The second-order valence-corrected chi connectivity index (χ2v) is 5.77. The lowest BCUT2D eigenvalue weighted by Crippen LogP contribution is -2.23. The third kappa shape index (κ3) is 3.61. The topological polar surface area (TPSA) is 75.1 Å². The first kappa shape index (κ1) is 15.3. The van der Waals surface area contributed by atoms with E-state index in [4.69, 9.17) is 0 Å². The van der Waals surface area contributed by atoms with E-state index in [0.717, 1.165) is 16.8 Å². The molecule has 0 aliphatic rings. The Kier molecular flexibility index (Phi) is 4.75. The highest BCUT2D eigenvalue weighted by Crippen LogP contribution is 2.25. The summed E-state index contributed by atoms with van der Waals surface area (Å²) in [7, 11) is 0. The lowest BCUT2D eigenvalue weighted by Gasteiger charge is -2.13. The van der Waals surface area contributed by atoms with Gasteiger partial charge in [-0.1, -0.05) is 30.3 Å². The van der Waals surface area contributed by atoms with Gasteiger partial charge in [0.05, 0.1) is 18.2 Å². The van der Waals surface area contributed by atoms with Crippen molar-refractivity contribution in [1.29, 1.82) is 0 Å². The lowest BCUT2D eigenvalue weighted by atomic mass is 9.99. The number of rotatable bonds is 5. The summed E-state index contributed by atoms with van der Waals surface area (Å²) in [6.07, 6.45) is 3.40. The number of nitrogens with one attached hydrogen (secondary N) is 1. The van der Waals surface area contributed by atoms with Crippen LogP contribution in [-0.2, 0) is 4.79 Å². The first-order chi connectivity index (χ1) is 11.3. The normalized spacial score (nSPS) is 11.9. The molecule has 0 aliphatic carbocycles. The third-order valence-corrected chi connectivity index (χ3v) is 4.17. The van der Waals surface area contributed by atoms with Crippen LogP contribution in [0.4, 0.5) is 5.13 Å². The average Bonchev–Trinajstić information content (AvgIpc) is 3.06. The minimum absolute atomic E-state index is 0.252. The third-order valence-electron chi connectivity index (χ3n) is 3.41. The number of anilines is 1. The number of amides is 1. The Labute approximate surface area is 137 Å². The maximum Gasteiger partial charge on any atom is 0.236 e. The molecule has 0 fully saturated rings. The molecule has 1 unspecified atom stereocenters. The van der Waals surface area contributed by atoms with E-state index < -0.39 is 5.92 Å². The van der Waals surface area contributed by atoms with E-state index in [1.807, 2.05) is 47.8 Å². The van der Waals surface area contributed by atoms with E-state index >= 15 is 0 Å². The smallest absolute Gasteiger partial charge is 0.236 e. The fourth-order valence-electron chi connectivity index (χ4n) is 2.20. The van der Waals surface area contributed by atoms with Crippen molar-refractivity contribution in [3.05, 3.63) is 65.8 Å². The number of aromatic nitrogens is 2. The highest BCUT2D eigenvalue weighted by Gasteiger charge is 2.20. The molecule has 1 amide bonds. The number of aliphatic hydroxyl groups is 1. The molecule has 1 aromatic carbocycles. The summed E-state index contributed by atoms with van der Waals surface area (Å²) in [5.41, 5.74) is 2.50. The van der Waals surface area contributed by atoms with E-state index in [0.29, 0.717) is 5.13 Å². The Hall–Kier alpha value is -2.57. The highest BCUT2D eigenvalue weighted by molar-refractivity contribution is 7.14. The fourth-order valence-corrected chi connectivity index (χ4v) is 2.93. The van der Waals surface area contributed by atoms with Gasteiger partial charge in [0.1, 0.15) is 0 Å². The molecule has 0 radical (unpaired) electrons. The SMILES string of the molecule is O=C(Nc1nc(-c2ccncc2)cs1)C(CO)c1ccccc1. The molecule has 5 nitrogen and oxygen atoms in total. The van der Waals surface area contributed by atoms with Crippen molar-refractivity contribution in [2.75, 3.05) is 11.9 Å². The number of hydrogen-bond donors (Lipinski definition) is 2. The van der Waals surface area contributed by atoms with Crippen molar-refractivity contribution in [2.45, 2.75) is 5.92 Å². The number of hydrogen-bond acceptors (Lipinski definition) is 5. The molecule has 6 heteroatoms. The minimum atomic E-state index is -0.607. The van der Waals surface area contributed by atoms with Gasteiger partial charge in [0.2, 0.25) is 5.91 Å². The van der Waals surface area contributed by atoms with Crippen LogP contribution in [0.3, 0.4) is 0 Å². The number of benzene rings is 1. The molecule has 0 spiro atoms. The summed E-state index contributed by atoms with van der Waals surface area (Å²) in [4.78, 5) is 20.8. The molecule has 23 heavy (non-hydrogen) atoms. The maximum atomic E-state index is 12.4. The number of carbonyl (C=O) groups is 1. The predicted octanol–water partition coefficient (Wildman–Crippen LogP) is 2.92. The van der Waals surface area contributed by atoms with Crippen molar-refractivity contribution in [3.63, 3.8) is 0 Å². The van der Waals surface area contributed by atoms with Gasteiger partial charge in [0, 0.05) is 23.3 Å². The van der Waals surface area contributed by atoms with E-state index in [-0.39, 0.29) is 12.5 Å². The highest BCUT2D eigenvalue weighted by atomic mass is 32.1. The first-order valence-electron chi connectivity index (χ1n) is 7.10. The second kappa shape index (κ2) is 7.13. The minimum Gasteiger partial charge on any atom is -0.395 e. The van der Waals surface area contributed by atoms with Crippen LogP contribution in [0.2, 0.25) is 0 Å². The zero-order chi connectivity index (χ0) is 16.1. The van der Waals surface area contributed by atoms with Crippen LogP contribution in [0.5, 0.6) is 0 Å². The molecule has 1 atom stereocenters. The van der Waals surface area contributed by atoms with Gasteiger partial charge in [-0.2, -0.15) is 0 Å². The van der Waals surface area contributed by atoms with Crippen LogP contribution in [-0.4, -0.2) is 27.6 Å². The monoisotopic (exact) mass is 325 g/mol. The molecule has 2 N–H and O–H groups in total. The van der Waals surface area contributed by atoms with Gasteiger partial charge in [-0.15, -0.1) is 11.3 Å². The van der Waals surface area contributed by atoms with Gasteiger partial charge in [0.25, 0.3) is 0 Å². The van der Waals surface area contributed by atoms with Crippen molar-refractivity contribution in [3.8, 4) is 11.3 Å². The zero-order valence-corrected chi connectivity index (χ0v) is 13.0. The molecule has 0 aliphatic heterocycles. The van der Waals surface area contributed by atoms with Gasteiger partial charge in [-0.3, -0.25) is 9.78 Å². The fraction of sp³-hybridized carbons (Fsp3) is 0.118. The van der Waals surface area contributed by atoms with E-state index in [1.165, 1.54) is 11.3 Å². The largest absolute Gasteiger partial charge is 0.395 e. The standard InChI is InChI=1S/C17H15N3O2S/c21-10-14(12-4-2-1-3-5-12)16(22)20-17-19-15(11-23-17)13-6-8-18-9-7-13/h1-9,11,14,21H,10H2,(H,19,20,22). The van der Waals surface area contributed by atoms with Crippen LogP contribution < -0.4 is 5.32 Å². The molecule has 0 saturated heterocycles. The van der Waals surface area contributed by atoms with Crippen LogP contribution >= 0.6 is 11.3 Å². The Morgan fingerprint density at radius 3 is 2.61 bits per heavy atom. The Bertz CT molecular complexity index is 775. The number of carbonyl (C=O) groups excluding carboxylic acids is 1. The molecule has 0 saturated carbocycles. The summed E-state index contributed by atoms with van der Waals surface area (Å²) in [5, 5.41) is 14.7. The van der Waals surface area contributed by atoms with E-state index in [9.17, 15) is 9.90 Å². The van der Waals surface area contributed by atoms with Gasteiger partial charge in [0.15, 0.2) is 5.13 Å². The van der Waals surface area contributed by atoms with Gasteiger partial charge in [-0.25, -0.2) is 4.98 Å². The van der Waals surface area contributed by atoms with Crippen molar-refractivity contribution < 1.29 is 9.90 Å². The predicted molar refractivity (Wildman–Crippen MR) is 90.2 cm³/mol. The molecular formula is C17H15N3O2S. The van der Waals surface area contributed by atoms with Crippen LogP contribution in [0.1, 0.15) is 11.5 Å². The van der Waals surface area contributed by atoms with E-state index in [2.05, 4.69) is 15.3 Å². The van der Waals surface area contributed by atoms with Crippen molar-refractivity contribution in [2.24, 2.45) is 0 Å². The van der Waals surface area contributed by atoms with Crippen LogP contribution in [0, 0.1) is 0 Å². The second-order valence-electron chi connectivity index (χ2n) is 4.91. The Morgan fingerprint density at radius 1 is 1.17 bits per heavy atom. The summed E-state index contributed by atoms with van der Waals surface area (Å²) in [6, 6.07) is 12.9. The number of thiazole rings is 1. The molecule has 2 aromatic heterocycles. The molecule has 2 heterocycles. The van der Waals surface area contributed by atoms with Crippen LogP contribution in [0.25, 0.3) is 11.3 Å². The summed E-state index contributed by atoms with van der Waals surface area (Å²) >= 11 is 1.35. The first-order valence-corrected chi connectivity index (χ1v) is 7.98. The Morgan fingerprint density at radius 2 is 1.91 bits per heavy atom. The number of nitrogens with zero attached hydrogens (tertiary/aromatic N) is 2. The quantitative estimate of drug-likeness (QED) is 0.756. The summed E-state index contributed by atoms with van der Waals surface area (Å²) < 4.78 is 0. The molecule has 3 aromatic rings. The van der Waals surface area contributed by atoms with Crippen LogP contribution in [0.15, 0.2) is 60.2 Å². The molecule has 0 bridgehead atoms. The van der Waals surface area contributed by atoms with Gasteiger partial charge < -0.3 is 10.4 Å². The van der Waals surface area contributed by atoms with Crippen molar-refractivity contribution >= 4 is 22.4 Å². The summed E-state index contributed by atoms with van der Waals surface area (Å²) in [6.45, 7) is -0.252. The summed E-state index contributed by atoms with van der Waals surface area (Å²) in [5.74, 6) is -0.876. The Balaban J connectivity index is 1.74. The molecule has 116 valence electrons. The molecular weight excluding hydrogens is 310 g/mol.